The standard InChI is InChI=1S/C24H19F3N4O2/c25-24(26,27)33-21-5-3-4-19(18(21)13-17-14-29-22-6-1-2-11-31(17)22)30-23(32)16-8-7-15-9-10-28-20(15)12-16/h1-8,11-12,14,28H,9-10,13H2,(H,30,32). The zero-order chi connectivity index (χ0) is 23.0. The van der Waals surface area contributed by atoms with Crippen LogP contribution >= 0.6 is 0 Å². The Kier molecular flexibility index (Phi) is 5.16. The number of nitrogens with zero attached hydrogens (tertiary/aromatic N) is 2. The number of amides is 1. The highest BCUT2D eigenvalue weighted by molar-refractivity contribution is 6.05. The number of ether oxygens (including phenoxy) is 1. The van der Waals surface area contributed by atoms with E-state index in [4.69, 9.17) is 0 Å². The number of hydrogen-bond donors (Lipinski definition) is 2. The average Bonchev–Trinajstić information content (AvgIpc) is 3.41. The van der Waals surface area contributed by atoms with Gasteiger partial charge in [-0.15, -0.1) is 13.2 Å². The highest BCUT2D eigenvalue weighted by Gasteiger charge is 2.33. The quantitative estimate of drug-likeness (QED) is 0.445. The molecule has 0 saturated carbocycles. The molecule has 0 radical (unpaired) electrons. The first-order valence-corrected chi connectivity index (χ1v) is 10.3. The number of carbonyl (C=O) groups excluding carboxylic acids is 1. The van der Waals surface area contributed by atoms with Crippen molar-refractivity contribution in [2.24, 2.45) is 0 Å². The number of nitrogens with one attached hydrogen (secondary N) is 2. The van der Waals surface area contributed by atoms with Gasteiger partial charge in [0, 0.05) is 53.6 Å². The topological polar surface area (TPSA) is 67.7 Å². The van der Waals surface area contributed by atoms with Crippen molar-refractivity contribution < 1.29 is 22.7 Å². The van der Waals surface area contributed by atoms with Crippen molar-refractivity contribution in [3.8, 4) is 5.75 Å². The molecule has 2 N–H and O–H groups in total. The average molecular weight is 452 g/mol. The van der Waals surface area contributed by atoms with Crippen LogP contribution in [0.4, 0.5) is 24.5 Å². The van der Waals surface area contributed by atoms with Gasteiger partial charge in [-0.1, -0.05) is 18.2 Å². The first-order chi connectivity index (χ1) is 15.9. The van der Waals surface area contributed by atoms with Crippen LogP contribution in [0.15, 0.2) is 67.0 Å². The molecule has 1 aliphatic heterocycles. The van der Waals surface area contributed by atoms with Crippen LogP contribution in [-0.2, 0) is 12.8 Å². The van der Waals surface area contributed by atoms with Crippen LogP contribution < -0.4 is 15.4 Å². The number of anilines is 2. The van der Waals surface area contributed by atoms with E-state index in [1.54, 1.807) is 47.1 Å². The second-order valence-electron chi connectivity index (χ2n) is 7.69. The molecular weight excluding hydrogens is 433 g/mol. The summed E-state index contributed by atoms with van der Waals surface area (Å²) in [6.07, 6.45) is -0.545. The van der Waals surface area contributed by atoms with Crippen LogP contribution in [0.3, 0.4) is 0 Å². The number of imidazole rings is 1. The van der Waals surface area contributed by atoms with Crippen molar-refractivity contribution in [2.75, 3.05) is 17.2 Å². The Hall–Kier alpha value is -4.01. The van der Waals surface area contributed by atoms with Crippen LogP contribution in [0.2, 0.25) is 0 Å². The van der Waals surface area contributed by atoms with Gasteiger partial charge < -0.3 is 19.8 Å². The summed E-state index contributed by atoms with van der Waals surface area (Å²) < 4.78 is 45.4. The fraction of sp³-hybridized carbons (Fsp3) is 0.167. The van der Waals surface area contributed by atoms with Crippen molar-refractivity contribution in [3.63, 3.8) is 0 Å². The van der Waals surface area contributed by atoms with Gasteiger partial charge in [-0.05, 0) is 48.4 Å². The lowest BCUT2D eigenvalue weighted by molar-refractivity contribution is -0.274. The van der Waals surface area contributed by atoms with Crippen LogP contribution in [0, 0.1) is 0 Å². The van der Waals surface area contributed by atoms with Gasteiger partial charge in [0.1, 0.15) is 11.4 Å². The van der Waals surface area contributed by atoms with Gasteiger partial charge in [0.25, 0.3) is 5.91 Å². The third-order valence-electron chi connectivity index (χ3n) is 5.54. The summed E-state index contributed by atoms with van der Waals surface area (Å²) in [7, 11) is 0. The highest BCUT2D eigenvalue weighted by atomic mass is 19.4. The van der Waals surface area contributed by atoms with E-state index in [1.165, 1.54) is 12.1 Å². The van der Waals surface area contributed by atoms with Crippen molar-refractivity contribution in [1.29, 1.82) is 0 Å². The van der Waals surface area contributed by atoms with Crippen molar-refractivity contribution >= 4 is 22.9 Å². The summed E-state index contributed by atoms with van der Waals surface area (Å²) in [5.74, 6) is -0.795. The molecule has 5 rings (SSSR count). The number of pyridine rings is 1. The molecule has 168 valence electrons. The van der Waals surface area contributed by atoms with E-state index in [2.05, 4.69) is 20.4 Å². The SMILES string of the molecule is O=C(Nc1cccc(OC(F)(F)F)c1Cc1cnc2ccccn12)c1ccc2c(c1)NCC2. The van der Waals surface area contributed by atoms with E-state index in [9.17, 15) is 18.0 Å². The van der Waals surface area contributed by atoms with Crippen LogP contribution in [0.1, 0.15) is 27.2 Å². The fourth-order valence-corrected chi connectivity index (χ4v) is 4.01. The number of fused-ring (bicyclic) bond motifs is 2. The molecule has 1 aliphatic rings. The maximum atomic E-state index is 13.1. The molecule has 0 atom stereocenters. The van der Waals surface area contributed by atoms with Gasteiger partial charge in [-0.3, -0.25) is 4.79 Å². The number of halogens is 3. The summed E-state index contributed by atoms with van der Waals surface area (Å²) in [5, 5.41) is 5.98. The summed E-state index contributed by atoms with van der Waals surface area (Å²) in [4.78, 5) is 17.3. The zero-order valence-corrected chi connectivity index (χ0v) is 17.3. The van der Waals surface area contributed by atoms with E-state index in [0.717, 1.165) is 24.2 Å². The molecule has 0 unspecified atom stereocenters. The van der Waals surface area contributed by atoms with Crippen molar-refractivity contribution in [1.82, 2.24) is 9.38 Å². The number of aromatic nitrogens is 2. The lowest BCUT2D eigenvalue weighted by Gasteiger charge is -2.17. The van der Waals surface area contributed by atoms with Crippen molar-refractivity contribution in [2.45, 2.75) is 19.2 Å². The number of carbonyl (C=O) groups is 1. The fourth-order valence-electron chi connectivity index (χ4n) is 4.01. The Bertz CT molecular complexity index is 1350. The molecule has 6 nitrogen and oxygen atoms in total. The number of hydrogen-bond acceptors (Lipinski definition) is 4. The first kappa shape index (κ1) is 20.9. The summed E-state index contributed by atoms with van der Waals surface area (Å²) in [5.41, 5.74) is 4.18. The Morgan fingerprint density at radius 2 is 2.03 bits per heavy atom. The molecule has 1 amide bonds. The Labute approximate surface area is 187 Å². The van der Waals surface area contributed by atoms with E-state index in [1.807, 2.05) is 12.1 Å². The zero-order valence-electron chi connectivity index (χ0n) is 17.3. The van der Waals surface area contributed by atoms with E-state index >= 15 is 0 Å². The summed E-state index contributed by atoms with van der Waals surface area (Å²) in [6.45, 7) is 0.806. The number of benzene rings is 2. The third-order valence-corrected chi connectivity index (χ3v) is 5.54. The largest absolute Gasteiger partial charge is 0.573 e. The van der Waals surface area contributed by atoms with Crippen LogP contribution in [0.5, 0.6) is 5.75 Å². The maximum absolute atomic E-state index is 13.1. The minimum atomic E-state index is -4.87. The lowest BCUT2D eigenvalue weighted by Crippen LogP contribution is -2.20. The molecule has 2 aromatic heterocycles. The van der Waals surface area contributed by atoms with Gasteiger partial charge in [-0.2, -0.15) is 0 Å². The highest BCUT2D eigenvalue weighted by Crippen LogP contribution is 2.34. The molecule has 0 saturated heterocycles. The molecule has 33 heavy (non-hydrogen) atoms. The molecule has 0 fully saturated rings. The molecule has 2 aromatic carbocycles. The predicted octanol–water partition coefficient (Wildman–Crippen LogP) is 5.04. The second-order valence-corrected chi connectivity index (χ2v) is 7.69. The molecule has 0 aliphatic carbocycles. The number of alkyl halides is 3. The Balaban J connectivity index is 1.51. The lowest BCUT2D eigenvalue weighted by atomic mass is 10.0. The normalized spacial score (nSPS) is 12.9. The minimum Gasteiger partial charge on any atom is -0.405 e. The van der Waals surface area contributed by atoms with E-state index in [0.29, 0.717) is 16.9 Å². The van der Waals surface area contributed by atoms with Crippen LogP contribution in [0.25, 0.3) is 5.65 Å². The van der Waals surface area contributed by atoms with Gasteiger partial charge in [0.15, 0.2) is 0 Å². The smallest absolute Gasteiger partial charge is 0.405 e. The van der Waals surface area contributed by atoms with E-state index < -0.39 is 12.3 Å². The molecule has 0 bridgehead atoms. The van der Waals surface area contributed by atoms with Crippen LogP contribution in [-0.4, -0.2) is 28.2 Å². The first-order valence-electron chi connectivity index (χ1n) is 10.3. The predicted molar refractivity (Wildman–Crippen MR) is 118 cm³/mol. The van der Waals surface area contributed by atoms with Crippen molar-refractivity contribution in [3.05, 3.63) is 89.4 Å². The van der Waals surface area contributed by atoms with Gasteiger partial charge in [0.2, 0.25) is 0 Å². The second kappa shape index (κ2) is 8.16. The third kappa shape index (κ3) is 4.34. The number of rotatable bonds is 5. The minimum absolute atomic E-state index is 0.0682. The van der Waals surface area contributed by atoms with Gasteiger partial charge >= 0.3 is 6.36 Å². The molecule has 9 heteroatoms. The Morgan fingerprint density at radius 1 is 1.15 bits per heavy atom. The molecule has 4 aromatic rings. The summed E-state index contributed by atoms with van der Waals surface area (Å²) >= 11 is 0. The molecule has 3 heterocycles. The van der Waals surface area contributed by atoms with Gasteiger partial charge in [-0.25, -0.2) is 4.98 Å². The molecule has 0 spiro atoms. The monoisotopic (exact) mass is 452 g/mol. The Morgan fingerprint density at radius 3 is 2.88 bits per heavy atom. The van der Waals surface area contributed by atoms with E-state index in [-0.39, 0.29) is 23.4 Å². The molecular formula is C24H19F3N4O2. The summed E-state index contributed by atoms with van der Waals surface area (Å²) in [6, 6.07) is 15.0. The maximum Gasteiger partial charge on any atom is 0.573 e. The van der Waals surface area contributed by atoms with Gasteiger partial charge in [0.05, 0.1) is 0 Å².